The molecule has 2 saturated carbocycles. The minimum atomic E-state index is 0.554. The van der Waals surface area contributed by atoms with E-state index in [9.17, 15) is 0 Å². The van der Waals surface area contributed by atoms with Crippen LogP contribution in [0.25, 0.3) is 0 Å². The van der Waals surface area contributed by atoms with Gasteiger partial charge in [-0.2, -0.15) is 5.10 Å². The molecule has 16 heavy (non-hydrogen) atoms. The van der Waals surface area contributed by atoms with Crippen LogP contribution in [0.1, 0.15) is 31.2 Å². The first-order valence-electron chi connectivity index (χ1n) is 6.15. The second kappa shape index (κ2) is 4.01. The van der Waals surface area contributed by atoms with Crippen LogP contribution >= 0.6 is 0 Å². The van der Waals surface area contributed by atoms with Crippen molar-refractivity contribution in [3.63, 3.8) is 0 Å². The van der Waals surface area contributed by atoms with Crippen molar-refractivity contribution in [2.75, 3.05) is 11.4 Å². The summed E-state index contributed by atoms with van der Waals surface area (Å²) >= 11 is 0. The number of aromatic nitrogens is 2. The van der Waals surface area contributed by atoms with Crippen LogP contribution in [0, 0.1) is 5.92 Å². The number of nitrogens with zero attached hydrogens (tertiary/aromatic N) is 3. The van der Waals surface area contributed by atoms with Crippen molar-refractivity contribution < 1.29 is 0 Å². The topological polar surface area (TPSA) is 55.0 Å². The molecule has 2 N–H and O–H groups in total. The molecule has 4 heteroatoms. The summed E-state index contributed by atoms with van der Waals surface area (Å²) in [7, 11) is 0. The molecule has 1 aromatic rings. The highest BCUT2D eigenvalue weighted by molar-refractivity contribution is 5.48. The van der Waals surface area contributed by atoms with Gasteiger partial charge in [0, 0.05) is 24.7 Å². The van der Waals surface area contributed by atoms with Crippen molar-refractivity contribution in [3.8, 4) is 0 Å². The maximum atomic E-state index is 5.76. The predicted octanol–water partition coefficient (Wildman–Crippen LogP) is 1.31. The Morgan fingerprint density at radius 2 is 2.12 bits per heavy atom. The smallest absolute Gasteiger partial charge is 0.156 e. The molecular weight excluding hydrogens is 200 g/mol. The third-order valence-electron chi connectivity index (χ3n) is 3.41. The van der Waals surface area contributed by atoms with Crippen molar-refractivity contribution in [3.05, 3.63) is 17.8 Å². The maximum absolute atomic E-state index is 5.76. The van der Waals surface area contributed by atoms with Crippen molar-refractivity contribution in [1.82, 2.24) is 10.2 Å². The Morgan fingerprint density at radius 1 is 1.31 bits per heavy atom. The molecule has 0 aliphatic heterocycles. The second-order valence-corrected chi connectivity index (χ2v) is 4.91. The Morgan fingerprint density at radius 3 is 2.75 bits per heavy atom. The van der Waals surface area contributed by atoms with E-state index in [0.29, 0.717) is 12.6 Å². The van der Waals surface area contributed by atoms with Crippen molar-refractivity contribution in [1.29, 1.82) is 0 Å². The van der Waals surface area contributed by atoms with Crippen LogP contribution in [0.4, 0.5) is 5.82 Å². The summed E-state index contributed by atoms with van der Waals surface area (Å²) in [6.45, 7) is 1.70. The summed E-state index contributed by atoms with van der Waals surface area (Å²) in [5.41, 5.74) is 6.89. The summed E-state index contributed by atoms with van der Waals surface area (Å²) in [4.78, 5) is 2.44. The minimum Gasteiger partial charge on any atom is -0.352 e. The fourth-order valence-corrected chi connectivity index (χ4v) is 2.12. The Bertz CT molecular complexity index is 371. The summed E-state index contributed by atoms with van der Waals surface area (Å²) in [5.74, 6) is 1.91. The molecule has 0 aromatic carbocycles. The predicted molar refractivity (Wildman–Crippen MR) is 63.0 cm³/mol. The van der Waals surface area contributed by atoms with Gasteiger partial charge in [0.05, 0.1) is 6.20 Å². The van der Waals surface area contributed by atoms with Crippen molar-refractivity contribution >= 4 is 5.82 Å². The average molecular weight is 218 g/mol. The van der Waals surface area contributed by atoms with Gasteiger partial charge < -0.3 is 10.6 Å². The standard InChI is InChI=1S/C12H18N4/c13-7-10-5-6-14-15-12(10)16(11-3-4-11)8-9-1-2-9/h5-6,9,11H,1-4,7-8,13H2. The molecule has 2 aliphatic rings. The highest BCUT2D eigenvalue weighted by Crippen LogP contribution is 2.37. The van der Waals surface area contributed by atoms with E-state index < -0.39 is 0 Å². The molecule has 3 rings (SSSR count). The average Bonchev–Trinajstić information content (AvgIpc) is 3.16. The molecule has 0 saturated heterocycles. The van der Waals surface area contributed by atoms with E-state index in [1.54, 1.807) is 6.20 Å². The lowest BCUT2D eigenvalue weighted by atomic mass is 10.2. The van der Waals surface area contributed by atoms with Crippen LogP contribution in [0.3, 0.4) is 0 Å². The van der Waals surface area contributed by atoms with E-state index in [1.165, 1.54) is 25.7 Å². The van der Waals surface area contributed by atoms with Crippen LogP contribution in [-0.2, 0) is 6.54 Å². The number of anilines is 1. The van der Waals surface area contributed by atoms with E-state index in [1.807, 2.05) is 6.07 Å². The van der Waals surface area contributed by atoms with Crippen LogP contribution in [0.15, 0.2) is 12.3 Å². The van der Waals surface area contributed by atoms with Crippen molar-refractivity contribution in [2.45, 2.75) is 38.3 Å². The lowest BCUT2D eigenvalue weighted by Crippen LogP contribution is -2.30. The normalized spacial score (nSPS) is 19.8. The number of nitrogens with two attached hydrogens (primary N) is 1. The van der Waals surface area contributed by atoms with Crippen LogP contribution in [0.5, 0.6) is 0 Å². The first-order valence-corrected chi connectivity index (χ1v) is 6.15. The van der Waals surface area contributed by atoms with Gasteiger partial charge in [-0.1, -0.05) is 0 Å². The molecule has 0 atom stereocenters. The molecule has 0 bridgehead atoms. The Kier molecular flexibility index (Phi) is 2.52. The first-order chi connectivity index (χ1) is 7.88. The van der Waals surface area contributed by atoms with E-state index in [2.05, 4.69) is 15.1 Å². The van der Waals surface area contributed by atoms with E-state index in [0.717, 1.165) is 23.8 Å². The van der Waals surface area contributed by atoms with Gasteiger partial charge in [0.2, 0.25) is 0 Å². The minimum absolute atomic E-state index is 0.554. The SMILES string of the molecule is NCc1ccnnc1N(CC1CC1)C1CC1. The fourth-order valence-electron chi connectivity index (χ4n) is 2.12. The quantitative estimate of drug-likeness (QED) is 0.809. The molecule has 4 nitrogen and oxygen atoms in total. The molecule has 2 fully saturated rings. The largest absolute Gasteiger partial charge is 0.352 e. The molecule has 0 spiro atoms. The molecule has 1 aromatic heterocycles. The van der Waals surface area contributed by atoms with Crippen LogP contribution < -0.4 is 10.6 Å². The fraction of sp³-hybridized carbons (Fsp3) is 0.667. The third kappa shape index (κ3) is 2.02. The van der Waals surface area contributed by atoms with Crippen molar-refractivity contribution in [2.24, 2.45) is 11.7 Å². The summed E-state index contributed by atoms with van der Waals surface area (Å²) in [6.07, 6.45) is 7.08. The first kappa shape index (κ1) is 10.0. The molecular formula is C12H18N4. The van der Waals surface area contributed by atoms with Gasteiger partial charge in [-0.3, -0.25) is 0 Å². The van der Waals surface area contributed by atoms with Gasteiger partial charge in [-0.15, -0.1) is 5.10 Å². The highest BCUT2D eigenvalue weighted by Gasteiger charge is 2.35. The molecule has 0 radical (unpaired) electrons. The van der Waals surface area contributed by atoms with Gasteiger partial charge in [-0.05, 0) is 37.7 Å². The van der Waals surface area contributed by atoms with Crippen LogP contribution in [-0.4, -0.2) is 22.8 Å². The summed E-state index contributed by atoms with van der Waals surface area (Å²) in [6, 6.07) is 2.69. The summed E-state index contributed by atoms with van der Waals surface area (Å²) < 4.78 is 0. The van der Waals surface area contributed by atoms with Gasteiger partial charge in [0.25, 0.3) is 0 Å². The molecule has 0 amide bonds. The highest BCUT2D eigenvalue weighted by atomic mass is 15.3. The van der Waals surface area contributed by atoms with E-state index in [-0.39, 0.29) is 0 Å². The van der Waals surface area contributed by atoms with Gasteiger partial charge in [-0.25, -0.2) is 0 Å². The lowest BCUT2D eigenvalue weighted by molar-refractivity contribution is 0.695. The zero-order valence-electron chi connectivity index (χ0n) is 9.47. The Hall–Kier alpha value is -1.16. The van der Waals surface area contributed by atoms with E-state index >= 15 is 0 Å². The monoisotopic (exact) mass is 218 g/mol. The van der Waals surface area contributed by atoms with Gasteiger partial charge >= 0.3 is 0 Å². The van der Waals surface area contributed by atoms with Crippen LogP contribution in [0.2, 0.25) is 0 Å². The molecule has 1 heterocycles. The number of hydrogen-bond donors (Lipinski definition) is 1. The molecule has 2 aliphatic carbocycles. The zero-order valence-corrected chi connectivity index (χ0v) is 9.47. The molecule has 86 valence electrons. The summed E-state index contributed by atoms with van der Waals surface area (Å²) in [5, 5.41) is 8.29. The number of hydrogen-bond acceptors (Lipinski definition) is 4. The lowest BCUT2D eigenvalue weighted by Gasteiger charge is -2.24. The maximum Gasteiger partial charge on any atom is 0.156 e. The van der Waals surface area contributed by atoms with Gasteiger partial charge in [0.15, 0.2) is 5.82 Å². The Balaban J connectivity index is 1.84. The third-order valence-corrected chi connectivity index (χ3v) is 3.41. The molecule has 0 unspecified atom stereocenters. The number of rotatable bonds is 5. The Labute approximate surface area is 95.8 Å². The van der Waals surface area contributed by atoms with Gasteiger partial charge in [0.1, 0.15) is 0 Å². The second-order valence-electron chi connectivity index (χ2n) is 4.91. The zero-order chi connectivity index (χ0) is 11.0. The van der Waals surface area contributed by atoms with E-state index in [4.69, 9.17) is 5.73 Å².